The molecule has 2 aliphatic heterocycles. The fourth-order valence-electron chi connectivity index (χ4n) is 7.03. The zero-order valence-corrected chi connectivity index (χ0v) is 24.2. The first-order valence-electron chi connectivity index (χ1n) is 13.6. The Kier molecular flexibility index (Phi) is 6.74. The second kappa shape index (κ2) is 9.95. The number of imide groups is 2. The zero-order valence-electron chi connectivity index (χ0n) is 22.7. The van der Waals surface area contributed by atoms with E-state index in [-0.39, 0.29) is 48.4 Å². The number of ether oxygens (including phenoxy) is 1. The van der Waals surface area contributed by atoms with Crippen LogP contribution < -0.4 is 9.64 Å². The summed E-state index contributed by atoms with van der Waals surface area (Å²) in [6.07, 6.45) is 5.35. The highest BCUT2D eigenvalue weighted by molar-refractivity contribution is 6.57. The number of halogens is 3. The number of amides is 4. The smallest absolute Gasteiger partial charge is 0.258 e. The zero-order chi connectivity index (χ0) is 30.1. The maximum absolute atomic E-state index is 14.2. The Balaban J connectivity index is 1.51. The quantitative estimate of drug-likeness (QED) is 0.299. The monoisotopic (exact) mass is 612 g/mol. The van der Waals surface area contributed by atoms with E-state index in [1.807, 2.05) is 6.08 Å². The predicted octanol–water partition coefficient (Wildman–Crippen LogP) is 4.67. The fraction of sp³-hybridized carbons (Fsp3) is 0.355. The van der Waals surface area contributed by atoms with Gasteiger partial charge in [0, 0.05) is 12.5 Å². The summed E-state index contributed by atoms with van der Waals surface area (Å²) in [7, 11) is 1.42. The van der Waals surface area contributed by atoms with Crippen LogP contribution in [0, 0.1) is 29.5 Å². The first kappa shape index (κ1) is 28.4. The largest absolute Gasteiger partial charge is 0.504 e. The van der Waals surface area contributed by atoms with Gasteiger partial charge in [0.1, 0.15) is 5.82 Å². The van der Waals surface area contributed by atoms with Gasteiger partial charge in [-0.1, -0.05) is 29.9 Å². The predicted molar refractivity (Wildman–Crippen MR) is 153 cm³/mol. The molecule has 8 nitrogen and oxygen atoms in total. The standard InChI is InChI=1S/C31H27Cl2FN2O6/c1-3-35-26(38)20-11-10-19-21(25(20)27(35)39)15-30(32)28(40)36(18-8-6-17(34)7-9-18)29(41)31(30,33)22(19)12-4-16-5-13-23(37)24(14-16)42-2/h4-10,12-14,20-22,25,37H,3,11,15H2,1-2H3/t20-,21+,22-,25-,30+,31-/m0/s1. The minimum absolute atomic E-state index is 0.0570. The van der Waals surface area contributed by atoms with Crippen molar-refractivity contribution in [2.75, 3.05) is 18.6 Å². The van der Waals surface area contributed by atoms with Crippen molar-refractivity contribution in [1.29, 1.82) is 0 Å². The lowest BCUT2D eigenvalue weighted by Gasteiger charge is -2.49. The molecule has 2 heterocycles. The number of hydrogen-bond donors (Lipinski definition) is 1. The van der Waals surface area contributed by atoms with Crippen LogP contribution in [-0.2, 0) is 19.2 Å². The van der Waals surface area contributed by atoms with E-state index < -0.39 is 51.1 Å². The van der Waals surface area contributed by atoms with Crippen LogP contribution in [-0.4, -0.2) is 57.0 Å². The highest BCUT2D eigenvalue weighted by atomic mass is 35.5. The fourth-order valence-corrected chi connectivity index (χ4v) is 7.92. The summed E-state index contributed by atoms with van der Waals surface area (Å²) in [5, 5.41) is 10.0. The van der Waals surface area contributed by atoms with Crippen LogP contribution >= 0.6 is 23.2 Å². The summed E-state index contributed by atoms with van der Waals surface area (Å²) in [6, 6.07) is 9.55. The Labute approximate surface area is 251 Å². The summed E-state index contributed by atoms with van der Waals surface area (Å²) >= 11 is 14.5. The number of fused-ring (bicyclic) bond motifs is 4. The topological polar surface area (TPSA) is 104 Å². The summed E-state index contributed by atoms with van der Waals surface area (Å²) < 4.78 is 18.9. The van der Waals surface area contributed by atoms with E-state index in [9.17, 15) is 28.7 Å². The average molecular weight is 613 g/mol. The van der Waals surface area contributed by atoms with E-state index in [1.54, 1.807) is 31.2 Å². The molecule has 42 heavy (non-hydrogen) atoms. The Morgan fingerprint density at radius 3 is 2.43 bits per heavy atom. The first-order chi connectivity index (χ1) is 20.0. The molecule has 11 heteroatoms. The number of phenolic OH excluding ortho intramolecular Hbond substituents is 1. The van der Waals surface area contributed by atoms with Gasteiger partial charge in [-0.05, 0) is 67.6 Å². The number of rotatable bonds is 5. The minimum Gasteiger partial charge on any atom is -0.504 e. The summed E-state index contributed by atoms with van der Waals surface area (Å²) in [5.41, 5.74) is 1.38. The average Bonchev–Trinajstić information content (AvgIpc) is 3.31. The number of nitrogens with zero attached hydrogens (tertiary/aromatic N) is 2. The van der Waals surface area contributed by atoms with Crippen LogP contribution in [0.4, 0.5) is 10.1 Å². The van der Waals surface area contributed by atoms with E-state index in [0.717, 1.165) is 17.0 Å². The molecule has 3 fully saturated rings. The molecule has 4 aliphatic rings. The van der Waals surface area contributed by atoms with Gasteiger partial charge in [0.05, 0.1) is 24.6 Å². The molecule has 0 radical (unpaired) electrons. The van der Waals surface area contributed by atoms with Crippen molar-refractivity contribution < 1.29 is 33.4 Å². The summed E-state index contributed by atoms with van der Waals surface area (Å²) in [6.45, 7) is 1.95. The maximum Gasteiger partial charge on any atom is 0.258 e. The van der Waals surface area contributed by atoms with Crippen molar-refractivity contribution in [2.45, 2.75) is 29.5 Å². The van der Waals surface area contributed by atoms with Gasteiger partial charge in [0.15, 0.2) is 21.2 Å². The Bertz CT molecular complexity index is 1590. The SMILES string of the molecule is CCN1C(=O)[C@H]2[C@H](CC=C3[C@H]2C[C@@]2(Cl)C(=O)N(c4ccc(F)cc4)C(=O)[C@@]2(Cl)[C@H]3C=Cc2ccc(O)c(OC)c2)C1=O. The van der Waals surface area contributed by atoms with E-state index in [4.69, 9.17) is 27.9 Å². The highest BCUT2D eigenvalue weighted by Gasteiger charge is 2.76. The van der Waals surface area contributed by atoms with Gasteiger partial charge in [0.2, 0.25) is 11.8 Å². The maximum atomic E-state index is 14.2. The number of phenols is 1. The van der Waals surface area contributed by atoms with Gasteiger partial charge < -0.3 is 9.84 Å². The van der Waals surface area contributed by atoms with Crippen LogP contribution in [0.25, 0.3) is 6.08 Å². The van der Waals surface area contributed by atoms with Crippen molar-refractivity contribution in [1.82, 2.24) is 4.90 Å². The van der Waals surface area contributed by atoms with Gasteiger partial charge >= 0.3 is 0 Å². The van der Waals surface area contributed by atoms with Crippen molar-refractivity contribution in [3.63, 3.8) is 0 Å². The van der Waals surface area contributed by atoms with Crippen molar-refractivity contribution in [3.8, 4) is 11.5 Å². The third-order valence-corrected chi connectivity index (χ3v) is 10.5. The van der Waals surface area contributed by atoms with Crippen LogP contribution in [0.3, 0.4) is 0 Å². The molecule has 2 aromatic rings. The number of carbonyl (C=O) groups is 4. The number of benzene rings is 2. The third kappa shape index (κ3) is 3.79. The number of carbonyl (C=O) groups excluding carboxylic acids is 4. The highest BCUT2D eigenvalue weighted by Crippen LogP contribution is 2.63. The number of aromatic hydroxyl groups is 1. The molecule has 1 N–H and O–H groups in total. The first-order valence-corrected chi connectivity index (χ1v) is 14.4. The number of anilines is 1. The van der Waals surface area contributed by atoms with Gasteiger partial charge in [-0.3, -0.25) is 24.1 Å². The van der Waals surface area contributed by atoms with Gasteiger partial charge in [-0.15, -0.1) is 23.2 Å². The molecule has 0 spiro atoms. The van der Waals surface area contributed by atoms with Crippen LogP contribution in [0.1, 0.15) is 25.3 Å². The molecule has 6 rings (SSSR count). The van der Waals surface area contributed by atoms with Gasteiger partial charge in [-0.25, -0.2) is 9.29 Å². The van der Waals surface area contributed by atoms with Gasteiger partial charge in [-0.2, -0.15) is 0 Å². The third-order valence-electron chi connectivity index (χ3n) is 9.04. The van der Waals surface area contributed by atoms with Crippen molar-refractivity contribution >= 4 is 58.6 Å². The van der Waals surface area contributed by atoms with Crippen LogP contribution in [0.2, 0.25) is 0 Å². The van der Waals surface area contributed by atoms with E-state index in [1.165, 1.54) is 30.2 Å². The minimum atomic E-state index is -2.00. The molecule has 6 atom stereocenters. The molecule has 0 aromatic heterocycles. The molecule has 0 bridgehead atoms. The molecule has 2 aromatic carbocycles. The number of alkyl halides is 2. The summed E-state index contributed by atoms with van der Waals surface area (Å²) in [4.78, 5) is 53.0. The Morgan fingerprint density at radius 1 is 1.05 bits per heavy atom. The lowest BCUT2D eigenvalue weighted by Crippen LogP contribution is -2.60. The number of likely N-dealkylation sites (tertiary alicyclic amines) is 1. The lowest BCUT2D eigenvalue weighted by atomic mass is 9.57. The van der Waals surface area contributed by atoms with E-state index in [0.29, 0.717) is 11.1 Å². The molecular weight excluding hydrogens is 586 g/mol. The van der Waals surface area contributed by atoms with E-state index >= 15 is 0 Å². The number of allylic oxidation sites excluding steroid dienone is 3. The molecular formula is C31H27Cl2FN2O6. The molecule has 1 saturated carbocycles. The lowest BCUT2D eigenvalue weighted by molar-refractivity contribution is -0.140. The summed E-state index contributed by atoms with van der Waals surface area (Å²) in [5.74, 6) is -5.43. The van der Waals surface area contributed by atoms with E-state index in [2.05, 4.69) is 0 Å². The van der Waals surface area contributed by atoms with Crippen LogP contribution in [0.5, 0.6) is 11.5 Å². The van der Waals surface area contributed by atoms with Crippen LogP contribution in [0.15, 0.2) is 60.2 Å². The van der Waals surface area contributed by atoms with Gasteiger partial charge in [0.25, 0.3) is 11.8 Å². The molecule has 218 valence electrons. The Morgan fingerprint density at radius 2 is 1.76 bits per heavy atom. The molecule has 4 amide bonds. The Hall–Kier alpha value is -3.69. The molecule has 2 saturated heterocycles. The normalized spacial score (nSPS) is 32.3. The molecule has 2 aliphatic carbocycles. The second-order valence-corrected chi connectivity index (χ2v) is 12.2. The van der Waals surface area contributed by atoms with Crippen molar-refractivity contribution in [2.24, 2.45) is 23.7 Å². The second-order valence-electron chi connectivity index (χ2n) is 11.0. The number of methoxy groups -OCH3 is 1. The molecule has 0 unspecified atom stereocenters. The van der Waals surface area contributed by atoms with Crippen molar-refractivity contribution in [3.05, 3.63) is 71.6 Å². The number of hydrogen-bond acceptors (Lipinski definition) is 6.